The van der Waals surface area contributed by atoms with Gasteiger partial charge in [-0.05, 0) is 28.8 Å². The van der Waals surface area contributed by atoms with Crippen LogP contribution in [-0.4, -0.2) is 83.2 Å². The normalized spacial score (nSPS) is 31.7. The first-order valence-electron chi connectivity index (χ1n) is 13.8. The summed E-state index contributed by atoms with van der Waals surface area (Å²) in [6, 6.07) is 12.3. The molecule has 204 valence electrons. The van der Waals surface area contributed by atoms with Crippen LogP contribution in [0.25, 0.3) is 10.8 Å². The fourth-order valence-electron chi connectivity index (χ4n) is 6.95. The molecule has 1 N–H and O–H groups in total. The third-order valence-corrected chi connectivity index (χ3v) is 9.19. The van der Waals surface area contributed by atoms with E-state index in [2.05, 4.69) is 0 Å². The Kier molecular flexibility index (Phi) is 6.35. The summed E-state index contributed by atoms with van der Waals surface area (Å²) in [6.45, 7) is 4.44. The Labute approximate surface area is 228 Å². The summed E-state index contributed by atoms with van der Waals surface area (Å²) in [5.41, 5.74) is -0.586. The van der Waals surface area contributed by atoms with Gasteiger partial charge < -0.3 is 24.5 Å². The van der Waals surface area contributed by atoms with Crippen molar-refractivity contribution in [3.8, 4) is 0 Å². The Hall–Kier alpha value is -3.49. The van der Waals surface area contributed by atoms with Crippen molar-refractivity contribution >= 4 is 34.2 Å². The molecule has 3 amide bonds. The molecule has 7 atom stereocenters. The minimum atomic E-state index is -1.31. The van der Waals surface area contributed by atoms with Gasteiger partial charge >= 0.3 is 0 Å². The van der Waals surface area contributed by atoms with Crippen LogP contribution in [0.1, 0.15) is 20.3 Å². The molecule has 0 bridgehead atoms. The number of hydrogen-bond acceptors (Lipinski definition) is 5. The van der Waals surface area contributed by atoms with Gasteiger partial charge in [0, 0.05) is 25.8 Å². The average molecular weight is 530 g/mol. The highest BCUT2D eigenvalue weighted by atomic mass is 16.5. The molecule has 2 aromatic rings. The molecule has 39 heavy (non-hydrogen) atoms. The quantitative estimate of drug-likeness (QED) is 0.602. The minimum Gasteiger partial charge on any atom is -0.394 e. The number of likely N-dealkylation sites (N-methyl/N-ethyl adjacent to an activating group) is 1. The summed E-state index contributed by atoms with van der Waals surface area (Å²) < 4.78 is 6.68. The van der Waals surface area contributed by atoms with E-state index in [4.69, 9.17) is 4.74 Å². The SMILES string of the molecule is CC[C@H](C)[C@H](CO)N1C(=O)[C@@H]2[C@H]3C(=O)N(C)CC=C[C@H]3O[C@@]23C=CCN(c2ccc4ccccc4c2)C(=O)C13. The zero-order chi connectivity index (χ0) is 27.5. The lowest BCUT2D eigenvalue weighted by Gasteiger charge is -2.40. The number of rotatable bonds is 5. The van der Waals surface area contributed by atoms with Crippen LogP contribution in [0.3, 0.4) is 0 Å². The van der Waals surface area contributed by atoms with E-state index in [1.54, 1.807) is 21.7 Å². The molecule has 2 saturated heterocycles. The standard InChI is InChI=1S/C31H35N3O5/c1-4-19(2)23(18-35)34-27-30(38)33(22-13-12-20-9-5-6-10-21(20)17-22)16-8-14-31(27)26(29(34)37)25-24(39-31)11-7-15-32(3)28(25)36/h5-14,17,19,23-27,35H,4,15-16,18H2,1-3H3/t19-,23-,24+,25-,26-,27?,31-/m0/s1. The highest BCUT2D eigenvalue weighted by Gasteiger charge is 2.72. The summed E-state index contributed by atoms with van der Waals surface area (Å²) >= 11 is 0. The van der Waals surface area contributed by atoms with E-state index >= 15 is 0 Å². The number of likely N-dealkylation sites (tertiary alicyclic amines) is 1. The second-order valence-electron chi connectivity index (χ2n) is 11.3. The van der Waals surface area contributed by atoms with Crippen molar-refractivity contribution in [1.29, 1.82) is 0 Å². The number of aliphatic hydroxyl groups is 1. The maximum absolute atomic E-state index is 14.6. The Balaban J connectivity index is 1.50. The largest absolute Gasteiger partial charge is 0.394 e. The summed E-state index contributed by atoms with van der Waals surface area (Å²) in [4.78, 5) is 47.4. The second kappa shape index (κ2) is 9.61. The third kappa shape index (κ3) is 3.76. The van der Waals surface area contributed by atoms with Crippen molar-refractivity contribution in [2.75, 3.05) is 31.6 Å². The van der Waals surface area contributed by atoms with Crippen LogP contribution < -0.4 is 4.90 Å². The number of ether oxygens (including phenoxy) is 1. The highest BCUT2D eigenvalue weighted by molar-refractivity contribution is 6.06. The molecule has 4 aliphatic heterocycles. The van der Waals surface area contributed by atoms with Gasteiger partial charge in [0.05, 0.1) is 30.6 Å². The Morgan fingerprint density at radius 2 is 1.79 bits per heavy atom. The van der Waals surface area contributed by atoms with Gasteiger partial charge in [0.2, 0.25) is 11.8 Å². The number of carbonyl (C=O) groups excluding carboxylic acids is 3. The number of benzene rings is 2. The first-order chi connectivity index (χ1) is 18.8. The number of nitrogens with zero attached hydrogens (tertiary/aromatic N) is 3. The van der Waals surface area contributed by atoms with E-state index in [1.165, 1.54) is 0 Å². The third-order valence-electron chi connectivity index (χ3n) is 9.19. The van der Waals surface area contributed by atoms with Gasteiger partial charge in [0.15, 0.2) is 0 Å². The number of amides is 3. The number of fused-ring (bicyclic) bond motifs is 3. The zero-order valence-electron chi connectivity index (χ0n) is 22.6. The fraction of sp³-hybridized carbons (Fsp3) is 0.452. The van der Waals surface area contributed by atoms with E-state index in [9.17, 15) is 19.5 Å². The lowest BCUT2D eigenvalue weighted by Crippen LogP contribution is -2.59. The lowest BCUT2D eigenvalue weighted by atomic mass is 9.77. The van der Waals surface area contributed by atoms with Crippen LogP contribution in [0.15, 0.2) is 66.8 Å². The van der Waals surface area contributed by atoms with E-state index in [-0.39, 0.29) is 30.2 Å². The van der Waals surface area contributed by atoms with Gasteiger partial charge in [0.1, 0.15) is 11.6 Å². The molecule has 0 aromatic heterocycles. The van der Waals surface area contributed by atoms with Crippen molar-refractivity contribution in [3.05, 3.63) is 66.8 Å². The Morgan fingerprint density at radius 1 is 1.03 bits per heavy atom. The number of anilines is 1. The molecule has 4 heterocycles. The van der Waals surface area contributed by atoms with Crippen molar-refractivity contribution in [3.63, 3.8) is 0 Å². The van der Waals surface area contributed by atoms with Crippen molar-refractivity contribution in [1.82, 2.24) is 9.80 Å². The fourth-order valence-corrected chi connectivity index (χ4v) is 6.95. The Bertz CT molecular complexity index is 1390. The van der Waals surface area contributed by atoms with Gasteiger partial charge in [-0.3, -0.25) is 14.4 Å². The van der Waals surface area contributed by atoms with Crippen LogP contribution >= 0.6 is 0 Å². The monoisotopic (exact) mass is 529 g/mol. The van der Waals surface area contributed by atoms with Gasteiger partial charge in [-0.2, -0.15) is 0 Å². The van der Waals surface area contributed by atoms with Crippen LogP contribution in [0, 0.1) is 17.8 Å². The summed E-state index contributed by atoms with van der Waals surface area (Å²) in [5, 5.41) is 12.6. The molecular formula is C31H35N3O5. The molecule has 0 saturated carbocycles. The van der Waals surface area contributed by atoms with E-state index < -0.39 is 35.6 Å². The van der Waals surface area contributed by atoms with Crippen LogP contribution in [-0.2, 0) is 19.1 Å². The highest BCUT2D eigenvalue weighted by Crippen LogP contribution is 2.54. The van der Waals surface area contributed by atoms with Crippen molar-refractivity contribution in [2.24, 2.45) is 17.8 Å². The first kappa shape index (κ1) is 25.8. The Morgan fingerprint density at radius 3 is 2.54 bits per heavy atom. The van der Waals surface area contributed by atoms with Gasteiger partial charge in [0.25, 0.3) is 5.91 Å². The molecule has 1 unspecified atom stereocenters. The van der Waals surface area contributed by atoms with Crippen molar-refractivity contribution < 1.29 is 24.2 Å². The van der Waals surface area contributed by atoms with Crippen LogP contribution in [0.5, 0.6) is 0 Å². The van der Waals surface area contributed by atoms with E-state index in [0.29, 0.717) is 13.1 Å². The van der Waals surface area contributed by atoms with E-state index in [1.807, 2.05) is 80.6 Å². The average Bonchev–Trinajstić information content (AvgIpc) is 3.27. The molecule has 2 aromatic carbocycles. The molecule has 0 aliphatic carbocycles. The molecular weight excluding hydrogens is 494 g/mol. The molecule has 8 nitrogen and oxygen atoms in total. The first-order valence-corrected chi connectivity index (χ1v) is 13.8. The molecule has 2 fully saturated rings. The molecule has 4 aliphatic rings. The van der Waals surface area contributed by atoms with Gasteiger partial charge in [-0.1, -0.05) is 74.9 Å². The number of aliphatic hydroxyl groups excluding tert-OH is 1. The van der Waals surface area contributed by atoms with E-state index in [0.717, 1.165) is 22.9 Å². The van der Waals surface area contributed by atoms with Gasteiger partial charge in [-0.25, -0.2) is 0 Å². The smallest absolute Gasteiger partial charge is 0.253 e. The molecule has 8 heteroatoms. The molecule has 1 spiro atoms. The van der Waals surface area contributed by atoms with Crippen molar-refractivity contribution in [2.45, 2.75) is 44.1 Å². The molecule has 6 rings (SSSR count). The maximum atomic E-state index is 14.6. The maximum Gasteiger partial charge on any atom is 0.253 e. The zero-order valence-corrected chi connectivity index (χ0v) is 22.6. The minimum absolute atomic E-state index is 0.0628. The number of hydrogen-bond donors (Lipinski definition) is 1. The predicted molar refractivity (Wildman–Crippen MR) is 148 cm³/mol. The summed E-state index contributed by atoms with van der Waals surface area (Å²) in [6.07, 6.45) is 7.58. The topological polar surface area (TPSA) is 90.4 Å². The van der Waals surface area contributed by atoms with Crippen LogP contribution in [0.4, 0.5) is 5.69 Å². The number of carbonyl (C=O) groups is 3. The predicted octanol–water partition coefficient (Wildman–Crippen LogP) is 2.76. The summed E-state index contributed by atoms with van der Waals surface area (Å²) in [5.74, 6) is -2.40. The summed E-state index contributed by atoms with van der Waals surface area (Å²) in [7, 11) is 1.72. The second-order valence-corrected chi connectivity index (χ2v) is 11.3. The molecule has 0 radical (unpaired) electrons. The lowest BCUT2D eigenvalue weighted by molar-refractivity contribution is -0.147. The van der Waals surface area contributed by atoms with Crippen LogP contribution in [0.2, 0.25) is 0 Å². The van der Waals surface area contributed by atoms with Gasteiger partial charge in [-0.15, -0.1) is 0 Å².